The molecule has 7 heteroatoms. The first kappa shape index (κ1) is 18.5. The molecule has 2 rings (SSSR count). The third-order valence-corrected chi connectivity index (χ3v) is 3.42. The van der Waals surface area contributed by atoms with Crippen LogP contribution in [0.2, 0.25) is 0 Å². The van der Waals surface area contributed by atoms with Crippen molar-refractivity contribution in [2.45, 2.75) is 13.8 Å². The van der Waals surface area contributed by atoms with Gasteiger partial charge in [-0.25, -0.2) is 9.18 Å². The summed E-state index contributed by atoms with van der Waals surface area (Å²) in [6.07, 6.45) is 1.03. The van der Waals surface area contributed by atoms with Crippen LogP contribution in [0.25, 0.3) is 11.3 Å². The van der Waals surface area contributed by atoms with E-state index in [1.165, 1.54) is 38.5 Å². The number of nitrogens with zero attached hydrogens (tertiary/aromatic N) is 1. The molecule has 2 aromatic rings. The zero-order valence-corrected chi connectivity index (χ0v) is 14.5. The largest absolute Gasteiger partial charge is 0.618 e. The average molecular weight is 349 g/mol. The summed E-state index contributed by atoms with van der Waals surface area (Å²) in [5.41, 5.74) is -0.00228. The number of hydrogen-bond donors (Lipinski definition) is 0. The number of esters is 1. The van der Waals surface area contributed by atoms with Crippen LogP contribution in [0.1, 0.15) is 24.2 Å². The normalized spacial score (nSPS) is 10.6. The van der Waals surface area contributed by atoms with E-state index >= 15 is 0 Å². The van der Waals surface area contributed by atoms with Gasteiger partial charge in [0.25, 0.3) is 5.69 Å². The first-order valence-electron chi connectivity index (χ1n) is 7.69. The minimum absolute atomic E-state index is 0.0170. The molecule has 0 radical (unpaired) electrons. The molecule has 0 saturated carbocycles. The standard InChI is InChI=1S/C18H20FNO5/c1-11(2)10-25-16-7-12(18(21)24-4)9-20(22)17(16)14-8-13(23-3)5-6-15(14)19/h5-9,11H,10H2,1-4H3. The molecule has 0 aliphatic carbocycles. The lowest BCUT2D eigenvalue weighted by molar-refractivity contribution is -0.594. The van der Waals surface area contributed by atoms with Crippen LogP contribution in [0.15, 0.2) is 30.5 Å². The Morgan fingerprint density at radius 1 is 1.28 bits per heavy atom. The predicted octanol–water partition coefficient (Wildman–Crippen LogP) is 2.96. The highest BCUT2D eigenvalue weighted by molar-refractivity contribution is 5.89. The Balaban J connectivity index is 2.64. The van der Waals surface area contributed by atoms with Crippen molar-refractivity contribution >= 4 is 5.97 Å². The molecule has 1 aromatic heterocycles. The Morgan fingerprint density at radius 3 is 2.60 bits per heavy atom. The Morgan fingerprint density at radius 2 is 2.00 bits per heavy atom. The van der Waals surface area contributed by atoms with Gasteiger partial charge in [0, 0.05) is 6.07 Å². The van der Waals surface area contributed by atoms with Crippen LogP contribution in [-0.2, 0) is 4.74 Å². The van der Waals surface area contributed by atoms with Crippen molar-refractivity contribution in [1.29, 1.82) is 0 Å². The van der Waals surface area contributed by atoms with E-state index in [1.54, 1.807) is 0 Å². The van der Waals surface area contributed by atoms with Crippen molar-refractivity contribution in [2.24, 2.45) is 5.92 Å². The van der Waals surface area contributed by atoms with Crippen molar-refractivity contribution in [1.82, 2.24) is 0 Å². The van der Waals surface area contributed by atoms with E-state index in [-0.39, 0.29) is 28.5 Å². The third kappa shape index (κ3) is 4.17. The highest BCUT2D eigenvalue weighted by Crippen LogP contribution is 2.32. The number of benzene rings is 1. The SMILES string of the molecule is COC(=O)c1cc(OCC(C)C)c(-c2cc(OC)ccc2F)[n+]([O-])c1. The highest BCUT2D eigenvalue weighted by Gasteiger charge is 2.25. The monoisotopic (exact) mass is 349 g/mol. The van der Waals surface area contributed by atoms with Gasteiger partial charge < -0.3 is 19.4 Å². The summed E-state index contributed by atoms with van der Waals surface area (Å²) in [7, 11) is 2.65. The second-order valence-corrected chi connectivity index (χ2v) is 5.81. The molecule has 0 aliphatic heterocycles. The van der Waals surface area contributed by atoms with Crippen molar-refractivity contribution < 1.29 is 28.1 Å². The molecule has 1 aromatic carbocycles. The Hall–Kier alpha value is -2.83. The molecule has 0 amide bonds. The molecule has 0 atom stereocenters. The van der Waals surface area contributed by atoms with Gasteiger partial charge >= 0.3 is 5.97 Å². The van der Waals surface area contributed by atoms with E-state index in [0.717, 1.165) is 6.20 Å². The summed E-state index contributed by atoms with van der Waals surface area (Å²) in [6.45, 7) is 4.16. The first-order chi connectivity index (χ1) is 11.9. The van der Waals surface area contributed by atoms with Crippen LogP contribution in [-0.4, -0.2) is 26.8 Å². The number of ether oxygens (including phenoxy) is 3. The number of carbonyl (C=O) groups is 1. The number of halogens is 1. The van der Waals surface area contributed by atoms with E-state index < -0.39 is 11.8 Å². The van der Waals surface area contributed by atoms with Gasteiger partial charge in [0.1, 0.15) is 17.1 Å². The lowest BCUT2D eigenvalue weighted by Gasteiger charge is -2.15. The topological polar surface area (TPSA) is 71.7 Å². The summed E-state index contributed by atoms with van der Waals surface area (Å²) >= 11 is 0. The number of hydrogen-bond acceptors (Lipinski definition) is 5. The van der Waals surface area contributed by atoms with E-state index in [1.807, 2.05) is 13.8 Å². The number of carbonyl (C=O) groups excluding carboxylic acids is 1. The van der Waals surface area contributed by atoms with E-state index in [4.69, 9.17) is 9.47 Å². The minimum Gasteiger partial charge on any atom is -0.618 e. The zero-order chi connectivity index (χ0) is 18.6. The molecule has 6 nitrogen and oxygen atoms in total. The zero-order valence-electron chi connectivity index (χ0n) is 14.5. The quantitative estimate of drug-likeness (QED) is 0.455. The summed E-state index contributed by atoms with van der Waals surface area (Å²) in [6, 6.07) is 5.43. The highest BCUT2D eigenvalue weighted by atomic mass is 19.1. The van der Waals surface area contributed by atoms with Gasteiger partial charge in [-0.3, -0.25) is 0 Å². The van der Waals surface area contributed by atoms with E-state index in [2.05, 4.69) is 4.74 Å². The van der Waals surface area contributed by atoms with E-state index in [0.29, 0.717) is 17.1 Å². The average Bonchev–Trinajstić information content (AvgIpc) is 2.59. The second kappa shape index (κ2) is 7.83. The third-order valence-electron chi connectivity index (χ3n) is 3.42. The fraction of sp³-hybridized carbons (Fsp3) is 0.333. The predicted molar refractivity (Wildman–Crippen MR) is 89.0 cm³/mol. The number of aromatic nitrogens is 1. The molecule has 0 spiro atoms. The number of pyridine rings is 1. The second-order valence-electron chi connectivity index (χ2n) is 5.81. The van der Waals surface area contributed by atoms with Crippen molar-refractivity contribution in [3.05, 3.63) is 47.1 Å². The molecule has 25 heavy (non-hydrogen) atoms. The van der Waals surface area contributed by atoms with Gasteiger partial charge in [0.15, 0.2) is 11.9 Å². The maximum atomic E-state index is 14.3. The van der Waals surface area contributed by atoms with E-state index in [9.17, 15) is 14.4 Å². The molecule has 0 bridgehead atoms. The van der Waals surface area contributed by atoms with Crippen molar-refractivity contribution in [3.63, 3.8) is 0 Å². The molecular formula is C18H20FNO5. The van der Waals surface area contributed by atoms with Gasteiger partial charge in [-0.15, -0.1) is 0 Å². The number of methoxy groups -OCH3 is 2. The Kier molecular flexibility index (Phi) is 5.80. The van der Waals surface area contributed by atoms with Crippen LogP contribution >= 0.6 is 0 Å². The van der Waals surface area contributed by atoms with Crippen LogP contribution < -0.4 is 14.2 Å². The molecule has 134 valence electrons. The maximum Gasteiger partial charge on any atom is 0.344 e. The van der Waals surface area contributed by atoms with Crippen molar-refractivity contribution in [2.75, 3.05) is 20.8 Å². The van der Waals surface area contributed by atoms with Crippen molar-refractivity contribution in [3.8, 4) is 22.8 Å². The minimum atomic E-state index is -0.684. The van der Waals surface area contributed by atoms with Gasteiger partial charge in [-0.2, -0.15) is 4.73 Å². The molecule has 0 aliphatic rings. The van der Waals surface area contributed by atoms with Gasteiger partial charge in [-0.05, 0) is 24.1 Å². The maximum absolute atomic E-state index is 14.3. The Labute approximate surface area is 145 Å². The van der Waals surface area contributed by atoms with Crippen LogP contribution in [0.4, 0.5) is 4.39 Å². The van der Waals surface area contributed by atoms with Gasteiger partial charge in [-0.1, -0.05) is 13.8 Å². The van der Waals surface area contributed by atoms with Gasteiger partial charge in [0.05, 0.1) is 26.4 Å². The van der Waals surface area contributed by atoms with Gasteiger partial charge in [0.2, 0.25) is 0 Å². The summed E-state index contributed by atoms with van der Waals surface area (Å²) < 4.78 is 30.1. The molecule has 0 N–H and O–H groups in total. The summed E-state index contributed by atoms with van der Waals surface area (Å²) in [4.78, 5) is 11.7. The lowest BCUT2D eigenvalue weighted by atomic mass is 10.1. The molecule has 0 unspecified atom stereocenters. The fourth-order valence-corrected chi connectivity index (χ4v) is 2.21. The summed E-state index contributed by atoms with van der Waals surface area (Å²) in [5, 5.41) is 12.5. The van der Waals surface area contributed by atoms with Crippen LogP contribution in [0.3, 0.4) is 0 Å². The molecule has 0 fully saturated rings. The number of rotatable bonds is 6. The molecule has 0 saturated heterocycles. The first-order valence-corrected chi connectivity index (χ1v) is 7.69. The Bertz CT molecular complexity index is 776. The van der Waals surface area contributed by atoms with Crippen LogP contribution in [0.5, 0.6) is 11.5 Å². The summed E-state index contributed by atoms with van der Waals surface area (Å²) in [5.74, 6) is -0.630. The van der Waals surface area contributed by atoms with Crippen LogP contribution in [0, 0.1) is 16.9 Å². The molecular weight excluding hydrogens is 329 g/mol. The lowest BCUT2D eigenvalue weighted by Crippen LogP contribution is -2.31. The smallest absolute Gasteiger partial charge is 0.344 e. The fourth-order valence-electron chi connectivity index (χ4n) is 2.21. The molecule has 1 heterocycles.